The molecule has 3 heteroatoms. The summed E-state index contributed by atoms with van der Waals surface area (Å²) in [5.41, 5.74) is 10.9. The van der Waals surface area contributed by atoms with Crippen molar-refractivity contribution in [2.45, 2.75) is 27.2 Å². The maximum Gasteiger partial charge on any atom is 0.231 e. The number of nitrogen functional groups attached to an aromatic ring is 1. The molecule has 2 aromatic carbocycles. The highest BCUT2D eigenvalue weighted by molar-refractivity contribution is 5.97. The van der Waals surface area contributed by atoms with E-state index in [1.165, 1.54) is 11.1 Å². The predicted molar refractivity (Wildman–Crippen MR) is 88.5 cm³/mol. The first-order valence-electron chi connectivity index (χ1n) is 7.24. The fourth-order valence-electron chi connectivity index (χ4n) is 2.40. The van der Waals surface area contributed by atoms with Crippen molar-refractivity contribution in [3.05, 3.63) is 59.2 Å². The van der Waals surface area contributed by atoms with Crippen molar-refractivity contribution in [1.82, 2.24) is 0 Å². The molecule has 2 aromatic rings. The molecule has 0 aliphatic heterocycles. The number of nitrogens with zero attached hydrogens (tertiary/aromatic N) is 1. The number of aryl methyl sites for hydroxylation is 2. The van der Waals surface area contributed by atoms with Crippen molar-refractivity contribution in [2.75, 3.05) is 17.2 Å². The molecule has 21 heavy (non-hydrogen) atoms. The van der Waals surface area contributed by atoms with E-state index in [-0.39, 0.29) is 5.91 Å². The molecule has 110 valence electrons. The Morgan fingerprint density at radius 1 is 1.10 bits per heavy atom. The Hall–Kier alpha value is -2.29. The maximum absolute atomic E-state index is 12.6. The zero-order chi connectivity index (χ0) is 15.4. The van der Waals surface area contributed by atoms with Crippen LogP contribution in [-0.4, -0.2) is 12.5 Å². The van der Waals surface area contributed by atoms with Gasteiger partial charge in [-0.2, -0.15) is 0 Å². The molecular formula is C18H22N2O. The summed E-state index contributed by atoms with van der Waals surface area (Å²) in [6.45, 7) is 6.71. The van der Waals surface area contributed by atoms with Crippen LogP contribution in [0, 0.1) is 13.8 Å². The van der Waals surface area contributed by atoms with Crippen LogP contribution >= 0.6 is 0 Å². The zero-order valence-electron chi connectivity index (χ0n) is 12.9. The van der Waals surface area contributed by atoms with Gasteiger partial charge < -0.3 is 10.6 Å². The van der Waals surface area contributed by atoms with Crippen LogP contribution in [0.5, 0.6) is 0 Å². The van der Waals surface area contributed by atoms with E-state index in [0.29, 0.717) is 18.7 Å². The number of hydrogen-bond acceptors (Lipinski definition) is 2. The van der Waals surface area contributed by atoms with Crippen molar-refractivity contribution >= 4 is 17.3 Å². The molecule has 0 radical (unpaired) electrons. The minimum atomic E-state index is 0.0682. The third-order valence-corrected chi connectivity index (χ3v) is 3.77. The molecule has 0 spiro atoms. The number of carbonyl (C=O) groups is 1. The number of anilines is 2. The van der Waals surface area contributed by atoms with Gasteiger partial charge in [0.05, 0.1) is 17.8 Å². The van der Waals surface area contributed by atoms with E-state index in [4.69, 9.17) is 5.73 Å². The maximum atomic E-state index is 12.6. The fourth-order valence-corrected chi connectivity index (χ4v) is 2.40. The molecule has 0 aliphatic carbocycles. The van der Waals surface area contributed by atoms with Crippen LogP contribution in [0.25, 0.3) is 0 Å². The number of carbonyl (C=O) groups excluding carboxylic acids is 1. The van der Waals surface area contributed by atoms with Crippen LogP contribution in [0.15, 0.2) is 42.5 Å². The van der Waals surface area contributed by atoms with E-state index in [0.717, 1.165) is 11.3 Å². The van der Waals surface area contributed by atoms with Crippen LogP contribution in [0.4, 0.5) is 11.4 Å². The summed E-state index contributed by atoms with van der Waals surface area (Å²) < 4.78 is 0. The van der Waals surface area contributed by atoms with E-state index in [2.05, 4.69) is 26.0 Å². The quantitative estimate of drug-likeness (QED) is 0.873. The highest BCUT2D eigenvalue weighted by Crippen LogP contribution is 2.23. The lowest BCUT2D eigenvalue weighted by Gasteiger charge is -2.22. The molecule has 3 nitrogen and oxygen atoms in total. The molecule has 2 N–H and O–H groups in total. The van der Waals surface area contributed by atoms with E-state index < -0.39 is 0 Å². The Morgan fingerprint density at radius 3 is 2.43 bits per heavy atom. The monoisotopic (exact) mass is 282 g/mol. The number of benzene rings is 2. The summed E-state index contributed by atoms with van der Waals surface area (Å²) >= 11 is 0. The molecule has 0 aromatic heterocycles. The Balaban J connectivity index is 2.21. The lowest BCUT2D eigenvalue weighted by atomic mass is 10.0. The second-order valence-electron chi connectivity index (χ2n) is 5.29. The van der Waals surface area contributed by atoms with Crippen molar-refractivity contribution in [3.63, 3.8) is 0 Å². The first-order chi connectivity index (χ1) is 10.0. The van der Waals surface area contributed by atoms with E-state index in [1.54, 1.807) is 4.90 Å². The van der Waals surface area contributed by atoms with Gasteiger partial charge in [-0.15, -0.1) is 0 Å². The molecule has 0 bridgehead atoms. The average Bonchev–Trinajstić information content (AvgIpc) is 2.46. The van der Waals surface area contributed by atoms with Gasteiger partial charge in [0, 0.05) is 6.54 Å². The summed E-state index contributed by atoms with van der Waals surface area (Å²) in [5, 5.41) is 0. The van der Waals surface area contributed by atoms with Gasteiger partial charge in [-0.3, -0.25) is 4.79 Å². The minimum absolute atomic E-state index is 0.0682. The van der Waals surface area contributed by atoms with Crippen LogP contribution < -0.4 is 10.6 Å². The van der Waals surface area contributed by atoms with Gasteiger partial charge in [0.1, 0.15) is 0 Å². The van der Waals surface area contributed by atoms with Gasteiger partial charge in [-0.25, -0.2) is 0 Å². The van der Waals surface area contributed by atoms with E-state index in [1.807, 2.05) is 37.3 Å². The predicted octanol–water partition coefficient (Wildman–Crippen LogP) is 3.48. The summed E-state index contributed by atoms with van der Waals surface area (Å²) in [6, 6.07) is 13.6. The number of likely N-dealkylation sites (N-methyl/N-ethyl adjacent to an activating group) is 1. The molecule has 0 atom stereocenters. The van der Waals surface area contributed by atoms with Gasteiger partial charge in [0.2, 0.25) is 5.91 Å². The van der Waals surface area contributed by atoms with Gasteiger partial charge >= 0.3 is 0 Å². The van der Waals surface area contributed by atoms with E-state index in [9.17, 15) is 4.79 Å². The molecule has 0 heterocycles. The molecule has 0 aliphatic rings. The smallest absolute Gasteiger partial charge is 0.231 e. The lowest BCUT2D eigenvalue weighted by molar-refractivity contribution is -0.117. The molecule has 1 amide bonds. The van der Waals surface area contributed by atoms with Crippen LogP contribution in [0.2, 0.25) is 0 Å². The molecule has 0 saturated heterocycles. The Bertz CT molecular complexity index is 649. The lowest BCUT2D eigenvalue weighted by Crippen LogP contribution is -2.32. The summed E-state index contributed by atoms with van der Waals surface area (Å²) in [6.07, 6.45) is 0.392. The second kappa shape index (κ2) is 6.44. The SMILES string of the molecule is CCN(C(=O)Cc1ccc(C)c(C)c1)c1ccccc1N. The Morgan fingerprint density at radius 2 is 1.81 bits per heavy atom. The van der Waals surface area contributed by atoms with Crippen LogP contribution in [0.3, 0.4) is 0 Å². The van der Waals surface area contributed by atoms with Gasteiger partial charge in [-0.05, 0) is 49.6 Å². The highest BCUT2D eigenvalue weighted by Gasteiger charge is 2.16. The number of para-hydroxylation sites is 2. The number of rotatable bonds is 4. The highest BCUT2D eigenvalue weighted by atomic mass is 16.2. The zero-order valence-corrected chi connectivity index (χ0v) is 12.9. The van der Waals surface area contributed by atoms with Crippen molar-refractivity contribution < 1.29 is 4.79 Å². The van der Waals surface area contributed by atoms with E-state index >= 15 is 0 Å². The molecule has 0 saturated carbocycles. The first kappa shape index (κ1) is 15.1. The second-order valence-corrected chi connectivity index (χ2v) is 5.29. The van der Waals surface area contributed by atoms with Gasteiger partial charge in [0.25, 0.3) is 0 Å². The average molecular weight is 282 g/mol. The Kier molecular flexibility index (Phi) is 4.63. The largest absolute Gasteiger partial charge is 0.397 e. The molecule has 0 fully saturated rings. The summed E-state index contributed by atoms with van der Waals surface area (Å²) in [4.78, 5) is 14.3. The third-order valence-electron chi connectivity index (χ3n) is 3.77. The standard InChI is InChI=1S/C18H22N2O/c1-4-20(17-8-6-5-7-16(17)19)18(21)12-15-10-9-13(2)14(3)11-15/h5-11H,4,12,19H2,1-3H3. The molecule has 2 rings (SSSR count). The minimum Gasteiger partial charge on any atom is -0.397 e. The van der Waals surface area contributed by atoms with Gasteiger partial charge in [0.15, 0.2) is 0 Å². The van der Waals surface area contributed by atoms with Crippen molar-refractivity contribution in [2.24, 2.45) is 0 Å². The van der Waals surface area contributed by atoms with Crippen LogP contribution in [0.1, 0.15) is 23.6 Å². The number of amides is 1. The van der Waals surface area contributed by atoms with Crippen molar-refractivity contribution in [1.29, 1.82) is 0 Å². The fraction of sp³-hybridized carbons (Fsp3) is 0.278. The molecule has 0 unspecified atom stereocenters. The molecular weight excluding hydrogens is 260 g/mol. The van der Waals surface area contributed by atoms with Crippen molar-refractivity contribution in [3.8, 4) is 0 Å². The van der Waals surface area contributed by atoms with Gasteiger partial charge in [-0.1, -0.05) is 30.3 Å². The summed E-state index contributed by atoms with van der Waals surface area (Å²) in [5.74, 6) is 0.0682. The number of hydrogen-bond donors (Lipinski definition) is 1. The first-order valence-corrected chi connectivity index (χ1v) is 7.24. The Labute approximate surface area is 126 Å². The summed E-state index contributed by atoms with van der Waals surface area (Å²) in [7, 11) is 0. The number of nitrogens with two attached hydrogens (primary N) is 1. The topological polar surface area (TPSA) is 46.3 Å². The third kappa shape index (κ3) is 3.43. The normalized spacial score (nSPS) is 10.4. The van der Waals surface area contributed by atoms with Crippen LogP contribution in [-0.2, 0) is 11.2 Å².